The minimum atomic E-state index is -0.236. The van der Waals surface area contributed by atoms with Crippen molar-refractivity contribution >= 4 is 23.7 Å². The molecule has 2 saturated heterocycles. The summed E-state index contributed by atoms with van der Waals surface area (Å²) in [5, 5.41) is 2.25. The molecule has 0 aliphatic carbocycles. The minimum Gasteiger partial charge on any atom is -0.302 e. The Morgan fingerprint density at radius 3 is 3.10 bits per heavy atom. The molecule has 1 atom stereocenters. The summed E-state index contributed by atoms with van der Waals surface area (Å²) in [4.78, 5) is 23.3. The molecule has 1 N–H and O–H groups in total. The van der Waals surface area contributed by atoms with Crippen molar-refractivity contribution in [2.24, 2.45) is 0 Å². The topological polar surface area (TPSA) is 49.4 Å². The molecular formula is C5H6N2O2S. The minimum absolute atomic E-state index is 0.144. The van der Waals surface area contributed by atoms with Crippen LogP contribution in [-0.4, -0.2) is 34.5 Å². The summed E-state index contributed by atoms with van der Waals surface area (Å²) >= 11 is 1.62. The van der Waals surface area contributed by atoms with Crippen LogP contribution in [0.3, 0.4) is 0 Å². The number of thioether (sulfide) groups is 1. The first-order valence-electron chi connectivity index (χ1n) is 2.98. The van der Waals surface area contributed by atoms with Gasteiger partial charge in [-0.25, -0.2) is 4.79 Å². The Labute approximate surface area is 61.9 Å². The van der Waals surface area contributed by atoms with Crippen molar-refractivity contribution in [2.75, 3.05) is 11.6 Å². The van der Waals surface area contributed by atoms with Crippen LogP contribution in [0.15, 0.2) is 0 Å². The first kappa shape index (κ1) is 6.03. The number of carbonyl (C=O) groups excluding carboxylic acids is 2. The molecule has 2 heterocycles. The first-order valence-corrected chi connectivity index (χ1v) is 4.14. The van der Waals surface area contributed by atoms with Gasteiger partial charge in [-0.15, -0.1) is 11.8 Å². The SMILES string of the molecule is O=C1NC(=O)N2CSCC12. The van der Waals surface area contributed by atoms with Gasteiger partial charge < -0.3 is 4.90 Å². The number of nitrogens with zero attached hydrogens (tertiary/aromatic N) is 1. The molecule has 2 aliphatic rings. The fourth-order valence-electron chi connectivity index (χ4n) is 1.12. The van der Waals surface area contributed by atoms with Crippen LogP contribution in [0.1, 0.15) is 0 Å². The number of rotatable bonds is 0. The summed E-state index contributed by atoms with van der Waals surface area (Å²) in [6.07, 6.45) is 0. The number of urea groups is 1. The van der Waals surface area contributed by atoms with Crippen LogP contribution >= 0.6 is 11.8 Å². The van der Waals surface area contributed by atoms with Crippen LogP contribution in [0.4, 0.5) is 4.79 Å². The third kappa shape index (κ3) is 0.636. The smallest absolute Gasteiger partial charge is 0.302 e. The fraction of sp³-hybridized carbons (Fsp3) is 0.600. The van der Waals surface area contributed by atoms with Crippen LogP contribution in [0.2, 0.25) is 0 Å². The van der Waals surface area contributed by atoms with Crippen LogP contribution in [0, 0.1) is 0 Å². The van der Waals surface area contributed by atoms with Gasteiger partial charge in [0.2, 0.25) is 0 Å². The molecule has 2 aliphatic heterocycles. The highest BCUT2D eigenvalue weighted by Crippen LogP contribution is 2.23. The summed E-state index contributed by atoms with van der Waals surface area (Å²) in [6, 6.07) is -0.419. The molecule has 0 radical (unpaired) electrons. The third-order valence-electron chi connectivity index (χ3n) is 1.68. The predicted molar refractivity (Wildman–Crippen MR) is 36.5 cm³/mol. The Kier molecular flexibility index (Phi) is 1.14. The van der Waals surface area contributed by atoms with E-state index in [0.29, 0.717) is 5.88 Å². The summed E-state index contributed by atoms with van der Waals surface area (Å²) in [5.41, 5.74) is 0. The molecule has 0 aromatic carbocycles. The molecule has 10 heavy (non-hydrogen) atoms. The van der Waals surface area contributed by atoms with Crippen molar-refractivity contribution in [3.05, 3.63) is 0 Å². The van der Waals surface area contributed by atoms with E-state index in [1.54, 1.807) is 16.7 Å². The van der Waals surface area contributed by atoms with Gasteiger partial charge in [0, 0.05) is 5.75 Å². The number of hydrogen-bond donors (Lipinski definition) is 1. The molecule has 1 unspecified atom stereocenters. The van der Waals surface area contributed by atoms with Gasteiger partial charge in [0.15, 0.2) is 0 Å². The van der Waals surface area contributed by atoms with Crippen LogP contribution in [0.5, 0.6) is 0 Å². The van der Waals surface area contributed by atoms with Gasteiger partial charge in [0.25, 0.3) is 5.91 Å². The van der Waals surface area contributed by atoms with Gasteiger partial charge in [0.05, 0.1) is 5.88 Å². The van der Waals surface area contributed by atoms with E-state index in [4.69, 9.17) is 0 Å². The van der Waals surface area contributed by atoms with Crippen molar-refractivity contribution in [1.29, 1.82) is 0 Å². The second-order valence-corrected chi connectivity index (χ2v) is 3.28. The maximum absolute atomic E-state index is 10.9. The molecule has 0 saturated carbocycles. The number of nitrogens with one attached hydrogen (secondary N) is 1. The number of carbonyl (C=O) groups is 2. The summed E-state index contributed by atoms with van der Waals surface area (Å²) in [6.45, 7) is 0. The van der Waals surface area contributed by atoms with E-state index in [9.17, 15) is 9.59 Å². The zero-order valence-corrected chi connectivity index (χ0v) is 5.98. The molecule has 0 bridgehead atoms. The standard InChI is InChI=1S/C5H6N2O2S/c8-4-3-1-10-2-7(3)5(9)6-4/h3H,1-2H2,(H,6,8,9). The number of imide groups is 1. The number of hydrogen-bond acceptors (Lipinski definition) is 3. The Morgan fingerprint density at radius 1 is 1.60 bits per heavy atom. The second kappa shape index (κ2) is 1.88. The Morgan fingerprint density at radius 2 is 2.40 bits per heavy atom. The summed E-state index contributed by atoms with van der Waals surface area (Å²) < 4.78 is 0. The van der Waals surface area contributed by atoms with Crippen molar-refractivity contribution in [3.8, 4) is 0 Å². The van der Waals surface area contributed by atoms with Crippen LogP contribution in [0.25, 0.3) is 0 Å². The van der Waals surface area contributed by atoms with E-state index in [-0.39, 0.29) is 18.0 Å². The lowest BCUT2D eigenvalue weighted by Gasteiger charge is -2.07. The van der Waals surface area contributed by atoms with E-state index >= 15 is 0 Å². The van der Waals surface area contributed by atoms with Gasteiger partial charge in [0.1, 0.15) is 6.04 Å². The molecular weight excluding hydrogens is 152 g/mol. The fourth-order valence-corrected chi connectivity index (χ4v) is 2.27. The molecule has 0 spiro atoms. The van der Waals surface area contributed by atoms with Crippen molar-refractivity contribution in [1.82, 2.24) is 10.2 Å². The highest BCUT2D eigenvalue weighted by atomic mass is 32.2. The highest BCUT2D eigenvalue weighted by Gasteiger charge is 2.41. The quantitative estimate of drug-likeness (QED) is 0.488. The molecule has 0 aromatic heterocycles. The van der Waals surface area contributed by atoms with Crippen LogP contribution < -0.4 is 5.32 Å². The first-order chi connectivity index (χ1) is 4.79. The molecule has 2 fully saturated rings. The monoisotopic (exact) mass is 158 g/mol. The summed E-state index contributed by atoms with van der Waals surface area (Å²) in [7, 11) is 0. The molecule has 3 amide bonds. The maximum Gasteiger partial charge on any atom is 0.325 e. The molecule has 4 nitrogen and oxygen atoms in total. The Hall–Kier alpha value is -0.710. The number of amides is 3. The van der Waals surface area contributed by atoms with E-state index in [1.165, 1.54) is 0 Å². The lowest BCUT2D eigenvalue weighted by atomic mass is 10.3. The van der Waals surface area contributed by atoms with Gasteiger partial charge in [-0.3, -0.25) is 10.1 Å². The van der Waals surface area contributed by atoms with Crippen molar-refractivity contribution in [2.45, 2.75) is 6.04 Å². The molecule has 2 rings (SSSR count). The Bertz CT molecular complexity index is 186. The third-order valence-corrected chi connectivity index (χ3v) is 2.69. The summed E-state index contributed by atoms with van der Waals surface area (Å²) in [5.74, 6) is 1.26. The van der Waals surface area contributed by atoms with E-state index < -0.39 is 0 Å². The predicted octanol–water partition coefficient (Wildman–Crippen LogP) is -0.389. The van der Waals surface area contributed by atoms with E-state index in [1.807, 2.05) is 0 Å². The van der Waals surface area contributed by atoms with Gasteiger partial charge in [-0.1, -0.05) is 0 Å². The Balaban J connectivity index is 2.27. The zero-order chi connectivity index (χ0) is 7.14. The number of fused-ring (bicyclic) bond motifs is 1. The molecule has 0 aromatic rings. The lowest BCUT2D eigenvalue weighted by molar-refractivity contribution is -0.120. The second-order valence-electron chi connectivity index (χ2n) is 2.28. The van der Waals surface area contributed by atoms with Gasteiger partial charge >= 0.3 is 6.03 Å². The van der Waals surface area contributed by atoms with Crippen molar-refractivity contribution < 1.29 is 9.59 Å². The highest BCUT2D eigenvalue weighted by molar-refractivity contribution is 7.99. The normalized spacial score (nSPS) is 30.8. The molecule has 5 heteroatoms. The largest absolute Gasteiger partial charge is 0.325 e. The van der Waals surface area contributed by atoms with Gasteiger partial charge in [-0.2, -0.15) is 0 Å². The van der Waals surface area contributed by atoms with E-state index in [2.05, 4.69) is 5.32 Å². The molecule has 54 valence electrons. The van der Waals surface area contributed by atoms with Crippen LogP contribution in [-0.2, 0) is 4.79 Å². The zero-order valence-electron chi connectivity index (χ0n) is 5.16. The average molecular weight is 158 g/mol. The van der Waals surface area contributed by atoms with Gasteiger partial charge in [-0.05, 0) is 0 Å². The average Bonchev–Trinajstić information content (AvgIpc) is 2.39. The van der Waals surface area contributed by atoms with Crippen molar-refractivity contribution in [3.63, 3.8) is 0 Å². The maximum atomic E-state index is 10.9. The lowest BCUT2D eigenvalue weighted by Crippen LogP contribution is -2.29. The van der Waals surface area contributed by atoms with E-state index in [0.717, 1.165) is 5.75 Å².